The zero-order chi connectivity index (χ0) is 12.3. The van der Waals surface area contributed by atoms with Crippen LogP contribution < -0.4 is 5.32 Å². The van der Waals surface area contributed by atoms with Gasteiger partial charge in [0.2, 0.25) is 0 Å². The average Bonchev–Trinajstić information content (AvgIpc) is 2.67. The van der Waals surface area contributed by atoms with Crippen molar-refractivity contribution in [2.24, 2.45) is 0 Å². The van der Waals surface area contributed by atoms with Gasteiger partial charge in [-0.2, -0.15) is 0 Å². The molecule has 2 aromatic heterocycles. The molecule has 0 bridgehead atoms. The van der Waals surface area contributed by atoms with Crippen LogP contribution in [0.15, 0.2) is 24.4 Å². The van der Waals surface area contributed by atoms with E-state index in [1.165, 1.54) is 11.3 Å². The van der Waals surface area contributed by atoms with Gasteiger partial charge in [0.25, 0.3) is 5.91 Å². The minimum atomic E-state index is -0.226. The number of pyridine rings is 1. The Morgan fingerprint density at radius 1 is 1.53 bits per heavy atom. The van der Waals surface area contributed by atoms with Crippen LogP contribution in [0.4, 0.5) is 0 Å². The van der Waals surface area contributed by atoms with Crippen molar-refractivity contribution in [3.8, 4) is 0 Å². The topological polar surface area (TPSA) is 54.9 Å². The van der Waals surface area contributed by atoms with Crippen LogP contribution in [0, 0.1) is 6.92 Å². The maximum absolute atomic E-state index is 11.8. The summed E-state index contributed by atoms with van der Waals surface area (Å²) < 4.78 is 0.380. The lowest BCUT2D eigenvalue weighted by atomic mass is 10.3. The van der Waals surface area contributed by atoms with Gasteiger partial charge in [-0.1, -0.05) is 17.7 Å². The van der Waals surface area contributed by atoms with Gasteiger partial charge in [0.05, 0.1) is 12.2 Å². The highest BCUT2D eigenvalue weighted by atomic mass is 35.5. The minimum Gasteiger partial charge on any atom is -0.345 e. The lowest BCUT2D eigenvalue weighted by molar-refractivity contribution is 0.0945. The smallest absolute Gasteiger partial charge is 0.271 e. The number of thiazole rings is 1. The maximum Gasteiger partial charge on any atom is 0.271 e. The summed E-state index contributed by atoms with van der Waals surface area (Å²) in [5, 5.41) is 2.75. The van der Waals surface area contributed by atoms with Crippen molar-refractivity contribution in [3.05, 3.63) is 45.1 Å². The van der Waals surface area contributed by atoms with Crippen molar-refractivity contribution < 1.29 is 4.79 Å². The lowest BCUT2D eigenvalue weighted by Gasteiger charge is -2.02. The maximum atomic E-state index is 11.8. The number of nitrogens with one attached hydrogen (secondary N) is 1. The Bertz CT molecular complexity index is 527. The Balaban J connectivity index is 2.01. The number of aromatic nitrogens is 2. The first-order valence-corrected chi connectivity index (χ1v) is 6.17. The molecule has 0 saturated heterocycles. The second-order valence-electron chi connectivity index (χ2n) is 3.38. The van der Waals surface area contributed by atoms with E-state index in [-0.39, 0.29) is 5.91 Å². The number of hydrogen-bond acceptors (Lipinski definition) is 4. The second kappa shape index (κ2) is 5.25. The lowest BCUT2D eigenvalue weighted by Crippen LogP contribution is -2.24. The first kappa shape index (κ1) is 12.0. The number of carbonyl (C=O) groups is 1. The number of carbonyl (C=O) groups excluding carboxylic acids is 1. The van der Waals surface area contributed by atoms with E-state index in [1.54, 1.807) is 6.20 Å². The quantitative estimate of drug-likeness (QED) is 0.929. The average molecular weight is 268 g/mol. The molecule has 0 aliphatic heterocycles. The first-order chi connectivity index (χ1) is 8.16. The summed E-state index contributed by atoms with van der Waals surface area (Å²) in [6.07, 6.45) is 1.69. The second-order valence-corrected chi connectivity index (χ2v) is 5.16. The predicted octanol–water partition coefficient (Wildman–Crippen LogP) is 2.43. The van der Waals surface area contributed by atoms with Gasteiger partial charge in [-0.05, 0) is 19.1 Å². The zero-order valence-electron chi connectivity index (χ0n) is 9.11. The van der Waals surface area contributed by atoms with E-state index in [0.29, 0.717) is 16.7 Å². The first-order valence-electron chi connectivity index (χ1n) is 4.98. The highest BCUT2D eigenvalue weighted by molar-refractivity contribution is 7.15. The molecule has 1 N–H and O–H groups in total. The van der Waals surface area contributed by atoms with E-state index < -0.39 is 0 Å². The molecular weight excluding hydrogens is 258 g/mol. The van der Waals surface area contributed by atoms with Gasteiger partial charge in [-0.25, -0.2) is 4.98 Å². The Morgan fingerprint density at radius 2 is 2.35 bits per heavy atom. The largest absolute Gasteiger partial charge is 0.345 e. The minimum absolute atomic E-state index is 0.226. The summed E-state index contributed by atoms with van der Waals surface area (Å²) in [7, 11) is 0. The van der Waals surface area contributed by atoms with E-state index in [9.17, 15) is 4.79 Å². The molecule has 6 heteroatoms. The normalized spacial score (nSPS) is 10.2. The van der Waals surface area contributed by atoms with Crippen LogP contribution in [-0.2, 0) is 6.54 Å². The summed E-state index contributed by atoms with van der Waals surface area (Å²) in [5.74, 6) is -0.226. The third-order valence-corrected chi connectivity index (χ3v) is 3.22. The summed E-state index contributed by atoms with van der Waals surface area (Å²) in [6, 6.07) is 5.55. The van der Waals surface area contributed by atoms with Crippen LogP contribution in [0.25, 0.3) is 0 Å². The third kappa shape index (κ3) is 3.01. The van der Waals surface area contributed by atoms with Gasteiger partial charge < -0.3 is 5.32 Å². The molecule has 0 unspecified atom stereocenters. The van der Waals surface area contributed by atoms with Gasteiger partial charge in [0.15, 0.2) is 4.47 Å². The van der Waals surface area contributed by atoms with Gasteiger partial charge in [-0.15, -0.1) is 11.3 Å². The number of hydrogen-bond donors (Lipinski definition) is 1. The van der Waals surface area contributed by atoms with E-state index in [0.717, 1.165) is 10.6 Å². The van der Waals surface area contributed by atoms with E-state index >= 15 is 0 Å². The van der Waals surface area contributed by atoms with Crippen LogP contribution in [0.3, 0.4) is 0 Å². The van der Waals surface area contributed by atoms with Crippen molar-refractivity contribution in [1.29, 1.82) is 0 Å². The van der Waals surface area contributed by atoms with E-state index in [1.807, 2.05) is 25.1 Å². The third-order valence-electron chi connectivity index (χ3n) is 2.14. The molecule has 0 spiro atoms. The number of nitrogens with zero attached hydrogens (tertiary/aromatic N) is 2. The highest BCUT2D eigenvalue weighted by Crippen LogP contribution is 2.21. The van der Waals surface area contributed by atoms with Crippen molar-refractivity contribution in [2.75, 3.05) is 0 Å². The molecule has 2 aromatic rings. The summed E-state index contributed by atoms with van der Waals surface area (Å²) >= 11 is 7.04. The molecule has 2 rings (SSSR count). The molecular formula is C11H10ClN3OS. The van der Waals surface area contributed by atoms with Crippen LogP contribution in [-0.4, -0.2) is 15.9 Å². The van der Waals surface area contributed by atoms with Crippen molar-refractivity contribution in [1.82, 2.24) is 15.3 Å². The molecule has 2 heterocycles. The number of aryl methyl sites for hydroxylation is 1. The van der Waals surface area contributed by atoms with E-state index in [2.05, 4.69) is 15.3 Å². The summed E-state index contributed by atoms with van der Waals surface area (Å²) in [5.41, 5.74) is 1.19. The van der Waals surface area contributed by atoms with Gasteiger partial charge in [0.1, 0.15) is 5.69 Å². The molecule has 0 aliphatic rings. The van der Waals surface area contributed by atoms with Crippen LogP contribution >= 0.6 is 22.9 Å². The van der Waals surface area contributed by atoms with Crippen molar-refractivity contribution >= 4 is 28.8 Å². The Kier molecular flexibility index (Phi) is 3.71. The van der Waals surface area contributed by atoms with Crippen LogP contribution in [0.1, 0.15) is 21.1 Å². The molecule has 0 fully saturated rings. The van der Waals surface area contributed by atoms with Gasteiger partial charge in [0, 0.05) is 11.1 Å². The Morgan fingerprint density at radius 3 is 2.94 bits per heavy atom. The molecule has 17 heavy (non-hydrogen) atoms. The Hall–Kier alpha value is -1.46. The van der Waals surface area contributed by atoms with Gasteiger partial charge >= 0.3 is 0 Å². The predicted molar refractivity (Wildman–Crippen MR) is 67.3 cm³/mol. The Labute approximate surface area is 108 Å². The molecule has 88 valence electrons. The zero-order valence-corrected chi connectivity index (χ0v) is 10.7. The van der Waals surface area contributed by atoms with Crippen LogP contribution in [0.5, 0.6) is 0 Å². The monoisotopic (exact) mass is 267 g/mol. The fourth-order valence-electron chi connectivity index (χ4n) is 1.33. The molecule has 4 nitrogen and oxygen atoms in total. The SMILES string of the molecule is Cc1sc(Cl)nc1C(=O)NCc1ccccn1. The molecule has 0 saturated carbocycles. The fraction of sp³-hybridized carbons (Fsp3) is 0.182. The van der Waals surface area contributed by atoms with Crippen LogP contribution in [0.2, 0.25) is 4.47 Å². The summed E-state index contributed by atoms with van der Waals surface area (Å²) in [4.78, 5) is 20.7. The number of halogens is 1. The molecule has 1 amide bonds. The number of amides is 1. The van der Waals surface area contributed by atoms with E-state index in [4.69, 9.17) is 11.6 Å². The highest BCUT2D eigenvalue weighted by Gasteiger charge is 2.14. The molecule has 0 aliphatic carbocycles. The van der Waals surface area contributed by atoms with Crippen molar-refractivity contribution in [2.45, 2.75) is 13.5 Å². The van der Waals surface area contributed by atoms with Crippen molar-refractivity contribution in [3.63, 3.8) is 0 Å². The number of rotatable bonds is 3. The molecule has 0 atom stereocenters. The molecule has 0 aromatic carbocycles. The van der Waals surface area contributed by atoms with Gasteiger partial charge in [-0.3, -0.25) is 9.78 Å². The molecule has 0 radical (unpaired) electrons. The fourth-order valence-corrected chi connectivity index (χ4v) is 2.39. The summed E-state index contributed by atoms with van der Waals surface area (Å²) in [6.45, 7) is 2.20. The standard InChI is InChI=1S/C11H10ClN3OS/c1-7-9(15-11(12)17-7)10(16)14-6-8-4-2-3-5-13-8/h2-5H,6H2,1H3,(H,14,16).